The highest BCUT2D eigenvalue weighted by Crippen LogP contribution is 2.21. The number of rotatable bonds is 2. The van der Waals surface area contributed by atoms with Crippen molar-refractivity contribution in [3.05, 3.63) is 35.8 Å². The molecule has 0 aliphatic carbocycles. The first kappa shape index (κ1) is 10.2. The molecule has 0 spiro atoms. The molecule has 0 aromatic carbocycles. The Morgan fingerprint density at radius 1 is 1.40 bits per heavy atom. The average Bonchev–Trinajstić information content (AvgIpc) is 2.61. The molecule has 2 rings (SSSR count). The fourth-order valence-corrected chi connectivity index (χ4v) is 1.76. The molecule has 0 amide bonds. The second kappa shape index (κ2) is 3.66. The molecule has 1 unspecified atom stereocenters. The Hall–Kier alpha value is -1.35. The molecule has 3 nitrogen and oxygen atoms in total. The van der Waals surface area contributed by atoms with Crippen molar-refractivity contribution in [2.24, 2.45) is 11.7 Å². The van der Waals surface area contributed by atoms with Crippen LogP contribution in [0.4, 0.5) is 0 Å². The van der Waals surface area contributed by atoms with E-state index in [0.717, 1.165) is 11.3 Å². The molecule has 0 radical (unpaired) electrons. The van der Waals surface area contributed by atoms with Gasteiger partial charge in [-0.3, -0.25) is 0 Å². The fourth-order valence-electron chi connectivity index (χ4n) is 1.76. The molecule has 15 heavy (non-hydrogen) atoms. The van der Waals surface area contributed by atoms with Gasteiger partial charge in [-0.05, 0) is 24.5 Å². The summed E-state index contributed by atoms with van der Waals surface area (Å²) < 4.78 is 2.08. The van der Waals surface area contributed by atoms with Crippen molar-refractivity contribution >= 4 is 5.65 Å². The van der Waals surface area contributed by atoms with Crippen LogP contribution in [-0.4, -0.2) is 9.38 Å². The first-order valence-corrected chi connectivity index (χ1v) is 5.29. The number of pyridine rings is 1. The highest BCUT2D eigenvalue weighted by Gasteiger charge is 2.15. The minimum atomic E-state index is 0.0433. The predicted molar refractivity (Wildman–Crippen MR) is 61.7 cm³/mol. The summed E-state index contributed by atoms with van der Waals surface area (Å²) in [6.45, 7) is 6.31. The van der Waals surface area contributed by atoms with E-state index in [1.54, 1.807) is 0 Å². The first-order valence-electron chi connectivity index (χ1n) is 5.29. The van der Waals surface area contributed by atoms with Gasteiger partial charge in [-0.25, -0.2) is 4.98 Å². The molecule has 2 N–H and O–H groups in total. The maximum atomic E-state index is 6.14. The van der Waals surface area contributed by atoms with Crippen LogP contribution < -0.4 is 5.73 Å². The quantitative estimate of drug-likeness (QED) is 0.813. The van der Waals surface area contributed by atoms with E-state index < -0.39 is 0 Å². The summed E-state index contributed by atoms with van der Waals surface area (Å²) >= 11 is 0. The monoisotopic (exact) mass is 203 g/mol. The van der Waals surface area contributed by atoms with Crippen LogP contribution >= 0.6 is 0 Å². The van der Waals surface area contributed by atoms with Crippen LogP contribution in [0.15, 0.2) is 24.5 Å². The van der Waals surface area contributed by atoms with Crippen molar-refractivity contribution < 1.29 is 0 Å². The normalized spacial score (nSPS) is 13.7. The standard InChI is InChI=1S/C12H17N3/c1-8(2)11(13)10-7-14-12-9(3)5-4-6-15(10)12/h4-8,11H,13H2,1-3H3. The molecule has 0 fully saturated rings. The van der Waals surface area contributed by atoms with Gasteiger partial charge in [-0.2, -0.15) is 0 Å². The third-order valence-corrected chi connectivity index (χ3v) is 2.82. The van der Waals surface area contributed by atoms with Crippen LogP contribution in [0.1, 0.15) is 31.1 Å². The van der Waals surface area contributed by atoms with E-state index >= 15 is 0 Å². The zero-order valence-electron chi connectivity index (χ0n) is 9.44. The third-order valence-electron chi connectivity index (χ3n) is 2.82. The molecule has 3 heteroatoms. The van der Waals surface area contributed by atoms with E-state index in [9.17, 15) is 0 Å². The van der Waals surface area contributed by atoms with E-state index in [-0.39, 0.29) is 6.04 Å². The number of hydrogen-bond acceptors (Lipinski definition) is 2. The van der Waals surface area contributed by atoms with Gasteiger partial charge in [0.25, 0.3) is 0 Å². The van der Waals surface area contributed by atoms with Crippen molar-refractivity contribution in [1.29, 1.82) is 0 Å². The van der Waals surface area contributed by atoms with Gasteiger partial charge >= 0.3 is 0 Å². The zero-order chi connectivity index (χ0) is 11.0. The summed E-state index contributed by atoms with van der Waals surface area (Å²) in [5.74, 6) is 0.422. The van der Waals surface area contributed by atoms with E-state index in [2.05, 4.69) is 36.2 Å². The zero-order valence-corrected chi connectivity index (χ0v) is 9.44. The fraction of sp³-hybridized carbons (Fsp3) is 0.417. The van der Waals surface area contributed by atoms with Gasteiger partial charge in [0.1, 0.15) is 5.65 Å². The third kappa shape index (κ3) is 1.63. The van der Waals surface area contributed by atoms with Crippen molar-refractivity contribution in [2.45, 2.75) is 26.8 Å². The maximum Gasteiger partial charge on any atom is 0.139 e. The lowest BCUT2D eigenvalue weighted by Crippen LogP contribution is -2.18. The van der Waals surface area contributed by atoms with Gasteiger partial charge in [0.2, 0.25) is 0 Å². The first-order chi connectivity index (χ1) is 7.11. The topological polar surface area (TPSA) is 43.3 Å². The van der Waals surface area contributed by atoms with Gasteiger partial charge in [0.05, 0.1) is 11.9 Å². The highest BCUT2D eigenvalue weighted by molar-refractivity contribution is 5.48. The Bertz CT molecular complexity index is 471. The van der Waals surface area contributed by atoms with Crippen molar-refractivity contribution in [3.8, 4) is 0 Å². The molecule has 80 valence electrons. The molecular weight excluding hydrogens is 186 g/mol. The molecule has 2 heterocycles. The van der Waals surface area contributed by atoms with Gasteiger partial charge in [0.15, 0.2) is 0 Å². The summed E-state index contributed by atoms with van der Waals surface area (Å²) in [4.78, 5) is 4.40. The summed E-state index contributed by atoms with van der Waals surface area (Å²) in [5.41, 5.74) is 9.41. The number of nitrogens with zero attached hydrogens (tertiary/aromatic N) is 2. The average molecular weight is 203 g/mol. The molecular formula is C12H17N3. The lowest BCUT2D eigenvalue weighted by molar-refractivity contribution is 0.500. The van der Waals surface area contributed by atoms with Crippen LogP contribution in [-0.2, 0) is 0 Å². The molecule has 0 saturated carbocycles. The minimum Gasteiger partial charge on any atom is -0.322 e. The summed E-state index contributed by atoms with van der Waals surface area (Å²) in [6.07, 6.45) is 3.90. The molecule has 2 aromatic rings. The molecule has 0 bridgehead atoms. The minimum absolute atomic E-state index is 0.0433. The van der Waals surface area contributed by atoms with Gasteiger partial charge < -0.3 is 10.1 Å². The second-order valence-electron chi connectivity index (χ2n) is 4.34. The Morgan fingerprint density at radius 2 is 2.13 bits per heavy atom. The number of fused-ring (bicyclic) bond motifs is 1. The molecule has 1 atom stereocenters. The number of aromatic nitrogens is 2. The highest BCUT2D eigenvalue weighted by atomic mass is 15.0. The molecule has 0 aliphatic rings. The Labute approximate surface area is 89.9 Å². The van der Waals surface area contributed by atoms with Crippen molar-refractivity contribution in [3.63, 3.8) is 0 Å². The van der Waals surface area contributed by atoms with Crippen LogP contribution in [0.25, 0.3) is 5.65 Å². The Balaban J connectivity index is 2.59. The van der Waals surface area contributed by atoms with Crippen LogP contribution in [0.2, 0.25) is 0 Å². The molecule has 0 saturated heterocycles. The smallest absolute Gasteiger partial charge is 0.139 e. The largest absolute Gasteiger partial charge is 0.322 e. The van der Waals surface area contributed by atoms with E-state index in [0.29, 0.717) is 5.92 Å². The lowest BCUT2D eigenvalue weighted by atomic mass is 10.0. The van der Waals surface area contributed by atoms with Gasteiger partial charge in [-0.1, -0.05) is 19.9 Å². The van der Waals surface area contributed by atoms with Crippen molar-refractivity contribution in [1.82, 2.24) is 9.38 Å². The number of nitrogens with two attached hydrogens (primary N) is 1. The lowest BCUT2D eigenvalue weighted by Gasteiger charge is -2.15. The van der Waals surface area contributed by atoms with E-state index in [4.69, 9.17) is 5.73 Å². The van der Waals surface area contributed by atoms with E-state index in [1.807, 2.05) is 18.5 Å². The van der Waals surface area contributed by atoms with E-state index in [1.165, 1.54) is 5.56 Å². The number of imidazole rings is 1. The summed E-state index contributed by atoms with van der Waals surface area (Å²) in [5, 5.41) is 0. The van der Waals surface area contributed by atoms with Crippen LogP contribution in [0.3, 0.4) is 0 Å². The van der Waals surface area contributed by atoms with Crippen LogP contribution in [0.5, 0.6) is 0 Å². The number of aryl methyl sites for hydroxylation is 1. The summed E-state index contributed by atoms with van der Waals surface area (Å²) in [7, 11) is 0. The molecule has 0 aliphatic heterocycles. The number of hydrogen-bond donors (Lipinski definition) is 1. The van der Waals surface area contributed by atoms with Crippen LogP contribution in [0, 0.1) is 12.8 Å². The summed E-state index contributed by atoms with van der Waals surface area (Å²) in [6, 6.07) is 4.13. The SMILES string of the molecule is Cc1cccn2c(C(N)C(C)C)cnc12. The van der Waals surface area contributed by atoms with Gasteiger partial charge in [-0.15, -0.1) is 0 Å². The van der Waals surface area contributed by atoms with Gasteiger partial charge in [0, 0.05) is 12.2 Å². The molecule has 2 aromatic heterocycles. The maximum absolute atomic E-state index is 6.14. The van der Waals surface area contributed by atoms with Crippen molar-refractivity contribution in [2.75, 3.05) is 0 Å². The second-order valence-corrected chi connectivity index (χ2v) is 4.34. The predicted octanol–water partition coefficient (Wildman–Crippen LogP) is 2.30. The Morgan fingerprint density at radius 3 is 2.80 bits per heavy atom. The Kier molecular flexibility index (Phi) is 2.49.